The van der Waals surface area contributed by atoms with Gasteiger partial charge in [-0.25, -0.2) is 0 Å². The van der Waals surface area contributed by atoms with E-state index >= 15 is 0 Å². The van der Waals surface area contributed by atoms with Gasteiger partial charge in [-0.15, -0.1) is 0 Å². The largest absolute Gasteiger partial charge is 0.493 e. The number of para-hydroxylation sites is 1. The van der Waals surface area contributed by atoms with Gasteiger partial charge < -0.3 is 15.4 Å². The molecule has 1 aliphatic heterocycles. The van der Waals surface area contributed by atoms with Crippen LogP contribution in [0.5, 0.6) is 5.75 Å². The quantitative estimate of drug-likeness (QED) is 0.767. The number of nitrogens with one attached hydrogen (secondary N) is 2. The van der Waals surface area contributed by atoms with E-state index in [1.165, 1.54) is 0 Å². The summed E-state index contributed by atoms with van der Waals surface area (Å²) >= 11 is 11.8. The van der Waals surface area contributed by atoms with Crippen molar-refractivity contribution >= 4 is 34.6 Å². The first kappa shape index (κ1) is 16.1. The van der Waals surface area contributed by atoms with Gasteiger partial charge in [0.15, 0.2) is 5.11 Å². The molecule has 0 spiro atoms. The Morgan fingerprint density at radius 1 is 1.26 bits per heavy atom. The fraction of sp³-hybridized carbons (Fsp3) is 0.278. The van der Waals surface area contributed by atoms with Gasteiger partial charge in [-0.2, -0.15) is 0 Å². The normalized spacial score (nSPS) is 16.2. The van der Waals surface area contributed by atoms with Crippen LogP contribution in [0.4, 0.5) is 5.69 Å². The Morgan fingerprint density at radius 3 is 2.83 bits per heavy atom. The van der Waals surface area contributed by atoms with Crippen molar-refractivity contribution in [2.75, 3.05) is 11.9 Å². The Kier molecular flexibility index (Phi) is 4.74. The van der Waals surface area contributed by atoms with Crippen LogP contribution in [0.25, 0.3) is 0 Å². The predicted octanol–water partition coefficient (Wildman–Crippen LogP) is 4.77. The van der Waals surface area contributed by atoms with Crippen molar-refractivity contribution < 1.29 is 4.74 Å². The maximum atomic E-state index is 6.33. The molecular weight excluding hydrogens is 328 g/mol. The van der Waals surface area contributed by atoms with Gasteiger partial charge in [0, 0.05) is 12.0 Å². The summed E-state index contributed by atoms with van der Waals surface area (Å²) in [6, 6.07) is 12.2. The number of anilines is 1. The van der Waals surface area contributed by atoms with E-state index in [-0.39, 0.29) is 6.04 Å². The second-order valence-electron chi connectivity index (χ2n) is 5.76. The Labute approximate surface area is 147 Å². The second-order valence-corrected chi connectivity index (χ2v) is 6.58. The number of ether oxygens (including phenoxy) is 1. The summed E-state index contributed by atoms with van der Waals surface area (Å²) in [5.74, 6) is 0.920. The summed E-state index contributed by atoms with van der Waals surface area (Å²) in [7, 11) is 0. The van der Waals surface area contributed by atoms with Crippen molar-refractivity contribution in [1.29, 1.82) is 0 Å². The second kappa shape index (κ2) is 6.77. The van der Waals surface area contributed by atoms with Gasteiger partial charge in [0.1, 0.15) is 5.75 Å². The zero-order valence-electron chi connectivity index (χ0n) is 13.2. The third-order valence-electron chi connectivity index (χ3n) is 3.93. The minimum atomic E-state index is 0.143. The van der Waals surface area contributed by atoms with E-state index < -0.39 is 0 Å². The lowest BCUT2D eigenvalue weighted by Gasteiger charge is -2.28. The maximum absolute atomic E-state index is 6.33. The van der Waals surface area contributed by atoms with E-state index in [0.29, 0.717) is 16.7 Å². The van der Waals surface area contributed by atoms with Gasteiger partial charge in [-0.1, -0.05) is 35.9 Å². The highest BCUT2D eigenvalue weighted by Crippen LogP contribution is 2.32. The lowest BCUT2D eigenvalue weighted by molar-refractivity contribution is 0.262. The third kappa shape index (κ3) is 3.59. The zero-order valence-corrected chi connectivity index (χ0v) is 14.7. The standard InChI is InChI=1S/C18H19ClN2OS/c1-11-9-12(2)17(14(19)10-11)21-18(23)20-15-7-8-22-16-6-4-3-5-13(15)16/h3-6,9-10,15H,7-8H2,1-2H3,(H2,20,21,23)/t15-/m0/s1. The van der Waals surface area contributed by atoms with Crippen LogP contribution in [-0.4, -0.2) is 11.7 Å². The number of hydrogen-bond donors (Lipinski definition) is 2. The number of hydrogen-bond acceptors (Lipinski definition) is 2. The molecule has 2 aromatic carbocycles. The summed E-state index contributed by atoms with van der Waals surface area (Å²) < 4.78 is 5.68. The molecule has 0 bridgehead atoms. The average molecular weight is 347 g/mol. The molecule has 0 saturated carbocycles. The van der Waals surface area contributed by atoms with Crippen LogP contribution >= 0.6 is 23.8 Å². The maximum Gasteiger partial charge on any atom is 0.171 e. The van der Waals surface area contributed by atoms with E-state index in [0.717, 1.165) is 34.5 Å². The molecule has 23 heavy (non-hydrogen) atoms. The lowest BCUT2D eigenvalue weighted by Crippen LogP contribution is -2.35. The number of rotatable bonds is 2. The molecule has 120 valence electrons. The molecule has 3 nitrogen and oxygen atoms in total. The number of halogens is 1. The Morgan fingerprint density at radius 2 is 2.04 bits per heavy atom. The first-order valence-electron chi connectivity index (χ1n) is 7.60. The van der Waals surface area contributed by atoms with Gasteiger partial charge >= 0.3 is 0 Å². The molecule has 0 radical (unpaired) electrons. The van der Waals surface area contributed by atoms with Crippen molar-refractivity contribution in [1.82, 2.24) is 5.32 Å². The van der Waals surface area contributed by atoms with Gasteiger partial charge in [0.25, 0.3) is 0 Å². The molecule has 0 unspecified atom stereocenters. The van der Waals surface area contributed by atoms with Crippen LogP contribution in [0.3, 0.4) is 0 Å². The molecule has 0 aliphatic carbocycles. The van der Waals surface area contributed by atoms with E-state index in [9.17, 15) is 0 Å². The molecule has 2 N–H and O–H groups in total. The minimum Gasteiger partial charge on any atom is -0.493 e. The van der Waals surface area contributed by atoms with Crippen molar-refractivity contribution in [2.24, 2.45) is 0 Å². The number of benzene rings is 2. The highest BCUT2D eigenvalue weighted by atomic mass is 35.5. The molecule has 5 heteroatoms. The van der Waals surface area contributed by atoms with E-state index in [1.54, 1.807) is 0 Å². The molecule has 1 heterocycles. The fourth-order valence-electron chi connectivity index (χ4n) is 2.87. The minimum absolute atomic E-state index is 0.143. The van der Waals surface area contributed by atoms with Crippen LogP contribution in [0.15, 0.2) is 36.4 Å². The van der Waals surface area contributed by atoms with Gasteiger partial charge in [-0.05, 0) is 49.3 Å². The fourth-order valence-corrected chi connectivity index (χ4v) is 3.49. The van der Waals surface area contributed by atoms with Crippen LogP contribution < -0.4 is 15.4 Å². The monoisotopic (exact) mass is 346 g/mol. The topological polar surface area (TPSA) is 33.3 Å². The smallest absolute Gasteiger partial charge is 0.171 e. The van der Waals surface area contributed by atoms with Crippen molar-refractivity contribution in [2.45, 2.75) is 26.3 Å². The SMILES string of the molecule is Cc1cc(C)c(NC(=S)N[C@H]2CCOc3ccccc32)c(Cl)c1. The first-order valence-corrected chi connectivity index (χ1v) is 8.39. The first-order chi connectivity index (χ1) is 11.0. The average Bonchev–Trinajstić information content (AvgIpc) is 2.51. The summed E-state index contributed by atoms with van der Waals surface area (Å²) in [4.78, 5) is 0. The Balaban J connectivity index is 1.74. The van der Waals surface area contributed by atoms with Crippen LogP contribution in [-0.2, 0) is 0 Å². The molecule has 0 saturated heterocycles. The molecule has 1 aliphatic rings. The lowest BCUT2D eigenvalue weighted by atomic mass is 10.0. The van der Waals surface area contributed by atoms with Crippen molar-refractivity contribution in [3.63, 3.8) is 0 Å². The molecule has 2 aromatic rings. The predicted molar refractivity (Wildman–Crippen MR) is 99.6 cm³/mol. The van der Waals surface area contributed by atoms with E-state index in [1.807, 2.05) is 38.1 Å². The third-order valence-corrected chi connectivity index (χ3v) is 4.45. The molecule has 0 aromatic heterocycles. The Bertz CT molecular complexity index is 725. The van der Waals surface area contributed by atoms with Gasteiger partial charge in [0.2, 0.25) is 0 Å². The zero-order chi connectivity index (χ0) is 16.4. The Hall–Kier alpha value is -1.78. The van der Waals surface area contributed by atoms with Gasteiger partial charge in [-0.3, -0.25) is 0 Å². The molecule has 3 rings (SSSR count). The molecule has 1 atom stereocenters. The van der Waals surface area contributed by atoms with E-state index in [2.05, 4.69) is 22.8 Å². The van der Waals surface area contributed by atoms with Crippen molar-refractivity contribution in [3.8, 4) is 5.75 Å². The molecular formula is C18H19ClN2OS. The number of fused-ring (bicyclic) bond motifs is 1. The molecule has 0 amide bonds. The van der Waals surface area contributed by atoms with Crippen LogP contribution in [0, 0.1) is 13.8 Å². The van der Waals surface area contributed by atoms with Crippen LogP contribution in [0.2, 0.25) is 5.02 Å². The summed E-state index contributed by atoms with van der Waals surface area (Å²) in [5.41, 5.74) is 4.20. The number of thiocarbonyl (C=S) groups is 1. The van der Waals surface area contributed by atoms with E-state index in [4.69, 9.17) is 28.6 Å². The van der Waals surface area contributed by atoms with Crippen molar-refractivity contribution in [3.05, 3.63) is 58.1 Å². The summed E-state index contributed by atoms with van der Waals surface area (Å²) in [6.07, 6.45) is 0.874. The van der Waals surface area contributed by atoms with Gasteiger partial charge in [0.05, 0.1) is 23.4 Å². The number of aryl methyl sites for hydroxylation is 2. The molecule has 0 fully saturated rings. The highest BCUT2D eigenvalue weighted by Gasteiger charge is 2.21. The van der Waals surface area contributed by atoms with Crippen LogP contribution in [0.1, 0.15) is 29.2 Å². The summed E-state index contributed by atoms with van der Waals surface area (Å²) in [6.45, 7) is 4.73. The highest BCUT2D eigenvalue weighted by molar-refractivity contribution is 7.80. The summed E-state index contributed by atoms with van der Waals surface area (Å²) in [5, 5.41) is 7.86.